The third kappa shape index (κ3) is 5.69. The van der Waals surface area contributed by atoms with Crippen LogP contribution in [0.4, 0.5) is 18.9 Å². The van der Waals surface area contributed by atoms with Crippen molar-refractivity contribution in [2.75, 3.05) is 5.32 Å². The van der Waals surface area contributed by atoms with E-state index in [9.17, 15) is 22.8 Å². The van der Waals surface area contributed by atoms with Gasteiger partial charge in [-0.15, -0.1) is 0 Å². The minimum Gasteiger partial charge on any atom is -0.364 e. The fourth-order valence-electron chi connectivity index (χ4n) is 3.45. The van der Waals surface area contributed by atoms with Crippen LogP contribution in [0.2, 0.25) is 0 Å². The summed E-state index contributed by atoms with van der Waals surface area (Å²) in [6.07, 6.45) is 2.48. The van der Waals surface area contributed by atoms with Crippen molar-refractivity contribution in [3.8, 4) is 22.3 Å². The zero-order valence-electron chi connectivity index (χ0n) is 18.4. The average molecular weight is 480 g/mol. The molecule has 2 amide bonds. The molecule has 0 bridgehead atoms. The highest BCUT2D eigenvalue weighted by molar-refractivity contribution is 6.04. The number of carbonyl (C=O) groups excluding carboxylic acids is 2. The van der Waals surface area contributed by atoms with Gasteiger partial charge in [-0.2, -0.15) is 18.3 Å². The van der Waals surface area contributed by atoms with E-state index in [1.807, 2.05) is 19.1 Å². The molecule has 3 N–H and O–H groups in total. The third-order valence-corrected chi connectivity index (χ3v) is 5.13. The zero-order chi connectivity index (χ0) is 25.2. The summed E-state index contributed by atoms with van der Waals surface area (Å²) in [5.41, 5.74) is 9.80. The molecule has 3 heterocycles. The maximum Gasteiger partial charge on any atom is 0.408 e. The Kier molecular flexibility index (Phi) is 6.32. The van der Waals surface area contributed by atoms with Gasteiger partial charge in [0.05, 0.1) is 11.8 Å². The van der Waals surface area contributed by atoms with Crippen molar-refractivity contribution in [3.05, 3.63) is 84.2 Å². The molecule has 0 radical (unpaired) electrons. The van der Waals surface area contributed by atoms with Gasteiger partial charge in [0.15, 0.2) is 0 Å². The number of amides is 2. The topological polar surface area (TPSA) is 116 Å². The SMILES string of the molecule is Cc1ccc(NC(=O)c2cnn(CC(F)(F)F)c2)cc1-c1cncc(-c2ccnc(C(N)=O)c2)c1. The zero-order valence-corrected chi connectivity index (χ0v) is 18.4. The summed E-state index contributed by atoms with van der Waals surface area (Å²) in [4.78, 5) is 32.3. The number of nitrogens with zero attached hydrogens (tertiary/aromatic N) is 4. The van der Waals surface area contributed by atoms with E-state index in [1.54, 1.807) is 36.7 Å². The summed E-state index contributed by atoms with van der Waals surface area (Å²) >= 11 is 0. The number of hydrogen-bond acceptors (Lipinski definition) is 5. The van der Waals surface area contributed by atoms with Crippen LogP contribution >= 0.6 is 0 Å². The van der Waals surface area contributed by atoms with Gasteiger partial charge in [-0.3, -0.25) is 24.2 Å². The van der Waals surface area contributed by atoms with Crippen molar-refractivity contribution >= 4 is 17.5 Å². The number of nitrogens with two attached hydrogens (primary N) is 1. The van der Waals surface area contributed by atoms with Crippen LogP contribution in [-0.4, -0.2) is 37.7 Å². The van der Waals surface area contributed by atoms with Gasteiger partial charge in [0, 0.05) is 41.6 Å². The number of hydrogen-bond donors (Lipinski definition) is 2. The number of carbonyl (C=O) groups is 2. The second kappa shape index (κ2) is 9.37. The van der Waals surface area contributed by atoms with Gasteiger partial charge < -0.3 is 11.1 Å². The molecule has 11 heteroatoms. The minimum absolute atomic E-state index is 0.00276. The predicted octanol–water partition coefficient (Wildman–Crippen LogP) is 4.23. The molecule has 1 aromatic carbocycles. The molecule has 8 nitrogen and oxygen atoms in total. The van der Waals surface area contributed by atoms with Crippen molar-refractivity contribution in [2.45, 2.75) is 19.6 Å². The highest BCUT2D eigenvalue weighted by atomic mass is 19.4. The van der Waals surface area contributed by atoms with Gasteiger partial charge in [0.25, 0.3) is 11.8 Å². The Morgan fingerprint density at radius 1 is 1.03 bits per heavy atom. The molecule has 0 fully saturated rings. The van der Waals surface area contributed by atoms with Gasteiger partial charge in [0.2, 0.25) is 0 Å². The minimum atomic E-state index is -4.44. The highest BCUT2D eigenvalue weighted by Gasteiger charge is 2.28. The Hall–Kier alpha value is -4.54. The Labute approximate surface area is 197 Å². The van der Waals surface area contributed by atoms with E-state index in [1.165, 1.54) is 6.20 Å². The van der Waals surface area contributed by atoms with Crippen LogP contribution in [0.3, 0.4) is 0 Å². The summed E-state index contributed by atoms with van der Waals surface area (Å²) in [5, 5.41) is 6.28. The Morgan fingerprint density at radius 2 is 1.80 bits per heavy atom. The smallest absolute Gasteiger partial charge is 0.364 e. The average Bonchev–Trinajstić information content (AvgIpc) is 3.27. The monoisotopic (exact) mass is 480 g/mol. The molecule has 0 saturated heterocycles. The molecule has 4 aromatic rings. The number of rotatable bonds is 6. The maximum atomic E-state index is 12.6. The fourth-order valence-corrected chi connectivity index (χ4v) is 3.45. The number of halogens is 3. The Balaban J connectivity index is 1.58. The van der Waals surface area contributed by atoms with E-state index in [0.717, 1.165) is 34.6 Å². The molecule has 35 heavy (non-hydrogen) atoms. The van der Waals surface area contributed by atoms with Crippen LogP contribution in [0.15, 0.2) is 67.4 Å². The highest BCUT2D eigenvalue weighted by Crippen LogP contribution is 2.30. The van der Waals surface area contributed by atoms with Gasteiger partial charge in [0.1, 0.15) is 12.2 Å². The number of alkyl halides is 3. The molecule has 3 aromatic heterocycles. The number of aromatic nitrogens is 4. The van der Waals surface area contributed by atoms with E-state index >= 15 is 0 Å². The van der Waals surface area contributed by atoms with Crippen LogP contribution in [0, 0.1) is 6.92 Å². The van der Waals surface area contributed by atoms with E-state index < -0.39 is 24.5 Å². The molecule has 0 aliphatic rings. The first-order valence-electron chi connectivity index (χ1n) is 10.3. The molecule has 0 saturated carbocycles. The lowest BCUT2D eigenvalue weighted by Crippen LogP contribution is -2.18. The van der Waals surface area contributed by atoms with E-state index in [0.29, 0.717) is 15.9 Å². The number of benzene rings is 1. The van der Waals surface area contributed by atoms with Gasteiger partial charge in [-0.05, 0) is 53.9 Å². The van der Waals surface area contributed by atoms with Crippen molar-refractivity contribution in [3.63, 3.8) is 0 Å². The van der Waals surface area contributed by atoms with Crippen molar-refractivity contribution in [2.24, 2.45) is 5.73 Å². The summed E-state index contributed by atoms with van der Waals surface area (Å²) in [6, 6.07) is 10.4. The molecule has 0 unspecified atom stereocenters. The number of pyridine rings is 2. The fraction of sp³-hybridized carbons (Fsp3) is 0.125. The van der Waals surface area contributed by atoms with Crippen LogP contribution in [0.1, 0.15) is 26.4 Å². The van der Waals surface area contributed by atoms with Crippen molar-refractivity contribution < 1.29 is 22.8 Å². The molecule has 178 valence electrons. The number of primary amides is 1. The molecular weight excluding hydrogens is 461 g/mol. The molecule has 0 atom stereocenters. The largest absolute Gasteiger partial charge is 0.408 e. The van der Waals surface area contributed by atoms with E-state index in [2.05, 4.69) is 20.4 Å². The van der Waals surface area contributed by atoms with Crippen LogP contribution in [-0.2, 0) is 6.54 Å². The van der Waals surface area contributed by atoms with Crippen molar-refractivity contribution in [1.82, 2.24) is 19.7 Å². The summed E-state index contributed by atoms with van der Waals surface area (Å²) < 4.78 is 38.3. The summed E-state index contributed by atoms with van der Waals surface area (Å²) in [5.74, 6) is -1.23. The van der Waals surface area contributed by atoms with Crippen LogP contribution < -0.4 is 11.1 Å². The van der Waals surface area contributed by atoms with Crippen LogP contribution in [0.25, 0.3) is 22.3 Å². The maximum absolute atomic E-state index is 12.6. The summed E-state index contributed by atoms with van der Waals surface area (Å²) in [7, 11) is 0. The van der Waals surface area contributed by atoms with Gasteiger partial charge >= 0.3 is 6.18 Å². The molecule has 0 spiro atoms. The number of aryl methyl sites for hydroxylation is 1. The summed E-state index contributed by atoms with van der Waals surface area (Å²) in [6.45, 7) is 0.614. The second-order valence-electron chi connectivity index (χ2n) is 7.78. The van der Waals surface area contributed by atoms with Crippen molar-refractivity contribution in [1.29, 1.82) is 0 Å². The number of nitrogens with one attached hydrogen (secondary N) is 1. The predicted molar refractivity (Wildman–Crippen MR) is 122 cm³/mol. The molecular formula is C24H19F3N6O2. The van der Waals surface area contributed by atoms with E-state index in [4.69, 9.17) is 5.73 Å². The molecule has 4 rings (SSSR count). The molecule has 0 aliphatic heterocycles. The Morgan fingerprint density at radius 3 is 2.54 bits per heavy atom. The lowest BCUT2D eigenvalue weighted by molar-refractivity contribution is -0.142. The first-order valence-corrected chi connectivity index (χ1v) is 10.3. The third-order valence-electron chi connectivity index (χ3n) is 5.13. The van der Waals surface area contributed by atoms with Crippen LogP contribution in [0.5, 0.6) is 0 Å². The first kappa shape index (κ1) is 23.6. The quantitative estimate of drug-likeness (QED) is 0.429. The molecule has 0 aliphatic carbocycles. The Bertz CT molecular complexity index is 1410. The first-order chi connectivity index (χ1) is 16.6. The number of anilines is 1. The lowest BCUT2D eigenvalue weighted by Gasteiger charge is -2.11. The second-order valence-corrected chi connectivity index (χ2v) is 7.78. The standard InChI is InChI=1S/C24H19F3N6O2/c1-14-2-3-19(32-23(35)18-11-31-33(12-18)13-24(25,26)27)8-20(14)17-6-16(9-29-10-17)15-4-5-30-21(7-15)22(28)34/h2-12H,13H2,1H3,(H2,28,34)(H,32,35). The lowest BCUT2D eigenvalue weighted by atomic mass is 9.98. The van der Waals surface area contributed by atoms with Gasteiger partial charge in [-0.1, -0.05) is 6.07 Å². The van der Waals surface area contributed by atoms with E-state index in [-0.39, 0.29) is 11.3 Å². The normalized spacial score (nSPS) is 11.3. The van der Waals surface area contributed by atoms with Gasteiger partial charge in [-0.25, -0.2) is 0 Å².